The van der Waals surface area contributed by atoms with Crippen LogP contribution in [0.5, 0.6) is 0 Å². The average molecular weight is 287 g/mol. The Morgan fingerprint density at radius 2 is 2.15 bits per heavy atom. The van der Waals surface area contributed by atoms with Crippen molar-refractivity contribution < 1.29 is 0 Å². The van der Waals surface area contributed by atoms with Gasteiger partial charge >= 0.3 is 0 Å². The molecule has 0 amide bonds. The van der Waals surface area contributed by atoms with Gasteiger partial charge in [-0.15, -0.1) is 0 Å². The lowest BCUT2D eigenvalue weighted by atomic mass is 10.1. The van der Waals surface area contributed by atoms with E-state index in [-0.39, 0.29) is 6.04 Å². The van der Waals surface area contributed by atoms with Crippen LogP contribution in [-0.2, 0) is 6.54 Å². The van der Waals surface area contributed by atoms with Gasteiger partial charge in [-0.1, -0.05) is 17.7 Å². The molecule has 0 fully saturated rings. The van der Waals surface area contributed by atoms with Gasteiger partial charge in [0, 0.05) is 35.5 Å². The van der Waals surface area contributed by atoms with Crippen LogP contribution < -0.4 is 5.32 Å². The molecule has 0 bridgehead atoms. The Kier molecular flexibility index (Phi) is 3.67. The van der Waals surface area contributed by atoms with Gasteiger partial charge in [0.15, 0.2) is 0 Å². The number of H-pyrrole nitrogens is 1. The summed E-state index contributed by atoms with van der Waals surface area (Å²) in [5, 5.41) is 5.15. The van der Waals surface area contributed by atoms with Gasteiger partial charge in [0.1, 0.15) is 5.82 Å². The summed E-state index contributed by atoms with van der Waals surface area (Å²) >= 11 is 6.20. The highest BCUT2D eigenvalue weighted by atomic mass is 35.5. The largest absolute Gasteiger partial charge is 0.347 e. The van der Waals surface area contributed by atoms with Crippen LogP contribution in [0.1, 0.15) is 24.4 Å². The predicted molar refractivity (Wildman–Crippen MR) is 80.6 cm³/mol. The Balaban J connectivity index is 1.83. The maximum atomic E-state index is 6.20. The first-order chi connectivity index (χ1) is 9.75. The first kappa shape index (κ1) is 13.1. The Hall–Kier alpha value is -1.91. The van der Waals surface area contributed by atoms with Crippen molar-refractivity contribution in [2.24, 2.45) is 0 Å². The van der Waals surface area contributed by atoms with Crippen molar-refractivity contribution in [2.75, 3.05) is 0 Å². The van der Waals surface area contributed by atoms with E-state index in [4.69, 9.17) is 11.6 Å². The quantitative estimate of drug-likeness (QED) is 0.772. The minimum Gasteiger partial charge on any atom is -0.347 e. The van der Waals surface area contributed by atoms with Crippen LogP contribution in [0.3, 0.4) is 0 Å². The molecule has 0 saturated heterocycles. The number of hydrogen-bond acceptors (Lipinski definition) is 3. The fraction of sp³-hybridized carbons (Fsp3) is 0.200. The first-order valence-corrected chi connectivity index (χ1v) is 6.88. The monoisotopic (exact) mass is 286 g/mol. The van der Waals surface area contributed by atoms with Gasteiger partial charge in [-0.05, 0) is 30.7 Å². The second-order valence-electron chi connectivity index (χ2n) is 4.68. The summed E-state index contributed by atoms with van der Waals surface area (Å²) in [5.74, 6) is 0.927. The lowest BCUT2D eigenvalue weighted by Gasteiger charge is -2.13. The number of rotatable bonds is 4. The second-order valence-corrected chi connectivity index (χ2v) is 5.09. The molecule has 1 atom stereocenters. The Labute approximate surface area is 122 Å². The fourth-order valence-electron chi connectivity index (χ4n) is 2.21. The van der Waals surface area contributed by atoms with Gasteiger partial charge in [-0.2, -0.15) is 0 Å². The number of aromatic nitrogens is 3. The first-order valence-electron chi connectivity index (χ1n) is 6.50. The number of aromatic amines is 1. The lowest BCUT2D eigenvalue weighted by Crippen LogP contribution is -2.19. The van der Waals surface area contributed by atoms with Crippen LogP contribution in [0.2, 0.25) is 5.02 Å². The molecule has 4 nitrogen and oxygen atoms in total. The smallest absolute Gasteiger partial charge is 0.122 e. The molecule has 0 saturated carbocycles. The third-order valence-corrected chi connectivity index (χ3v) is 3.66. The van der Waals surface area contributed by atoms with Crippen LogP contribution >= 0.6 is 11.6 Å². The minimum atomic E-state index is 0.152. The van der Waals surface area contributed by atoms with Crippen LogP contribution in [0, 0.1) is 0 Å². The molecule has 20 heavy (non-hydrogen) atoms. The molecular formula is C15H15ClN4. The number of pyridine rings is 1. The zero-order valence-corrected chi connectivity index (χ0v) is 11.9. The van der Waals surface area contributed by atoms with Crippen molar-refractivity contribution in [1.29, 1.82) is 0 Å². The molecule has 0 spiro atoms. The number of hydrogen-bond donors (Lipinski definition) is 2. The molecule has 1 unspecified atom stereocenters. The summed E-state index contributed by atoms with van der Waals surface area (Å²) in [7, 11) is 0. The number of fused-ring (bicyclic) bond motifs is 1. The zero-order chi connectivity index (χ0) is 13.9. The summed E-state index contributed by atoms with van der Waals surface area (Å²) in [6.07, 6.45) is 5.37. The molecule has 2 N–H and O–H groups in total. The van der Waals surface area contributed by atoms with E-state index in [1.807, 2.05) is 30.5 Å². The van der Waals surface area contributed by atoms with Crippen molar-refractivity contribution >= 4 is 22.5 Å². The summed E-state index contributed by atoms with van der Waals surface area (Å²) in [6, 6.07) is 7.97. The standard InChI is InChI=1S/C15H15ClN4/c1-10(15-18-7-8-19-15)20-9-11-4-5-13(16)12-3-2-6-17-14(11)12/h2-8,10,20H,9H2,1H3,(H,18,19). The molecule has 2 aromatic heterocycles. The average Bonchev–Trinajstić information content (AvgIpc) is 3.01. The summed E-state index contributed by atoms with van der Waals surface area (Å²) in [4.78, 5) is 11.8. The Bertz CT molecular complexity index is 709. The number of benzene rings is 1. The molecule has 3 rings (SSSR count). The van der Waals surface area contributed by atoms with E-state index in [2.05, 4.69) is 27.2 Å². The lowest BCUT2D eigenvalue weighted by molar-refractivity contribution is 0.552. The van der Waals surface area contributed by atoms with Crippen molar-refractivity contribution in [2.45, 2.75) is 19.5 Å². The van der Waals surface area contributed by atoms with Crippen LogP contribution in [0.4, 0.5) is 0 Å². The van der Waals surface area contributed by atoms with E-state index in [0.29, 0.717) is 6.54 Å². The van der Waals surface area contributed by atoms with Crippen molar-refractivity contribution in [1.82, 2.24) is 20.3 Å². The van der Waals surface area contributed by atoms with Crippen LogP contribution in [0.15, 0.2) is 42.9 Å². The SMILES string of the molecule is CC(NCc1ccc(Cl)c2cccnc12)c1ncc[nH]1. The Morgan fingerprint density at radius 1 is 1.25 bits per heavy atom. The van der Waals surface area contributed by atoms with Crippen LogP contribution in [0.25, 0.3) is 10.9 Å². The summed E-state index contributed by atoms with van der Waals surface area (Å²) in [5.41, 5.74) is 2.07. The number of nitrogens with one attached hydrogen (secondary N) is 2. The third-order valence-electron chi connectivity index (χ3n) is 3.33. The molecule has 0 aliphatic rings. The van der Waals surface area contributed by atoms with Crippen molar-refractivity contribution in [3.8, 4) is 0 Å². The van der Waals surface area contributed by atoms with Crippen molar-refractivity contribution in [3.05, 3.63) is 59.3 Å². The third kappa shape index (κ3) is 2.53. The highest BCUT2D eigenvalue weighted by Crippen LogP contribution is 2.25. The van der Waals surface area contributed by atoms with Crippen LogP contribution in [-0.4, -0.2) is 15.0 Å². The van der Waals surface area contributed by atoms with E-state index in [1.54, 1.807) is 12.4 Å². The summed E-state index contributed by atoms with van der Waals surface area (Å²) < 4.78 is 0. The maximum absolute atomic E-state index is 6.20. The van der Waals surface area contributed by atoms with E-state index >= 15 is 0 Å². The van der Waals surface area contributed by atoms with E-state index < -0.39 is 0 Å². The molecule has 0 radical (unpaired) electrons. The maximum Gasteiger partial charge on any atom is 0.122 e. The minimum absolute atomic E-state index is 0.152. The zero-order valence-electron chi connectivity index (χ0n) is 11.1. The Morgan fingerprint density at radius 3 is 2.95 bits per heavy atom. The van der Waals surface area contributed by atoms with Crippen molar-refractivity contribution in [3.63, 3.8) is 0 Å². The van der Waals surface area contributed by atoms with Gasteiger partial charge < -0.3 is 10.3 Å². The van der Waals surface area contributed by atoms with E-state index in [0.717, 1.165) is 27.3 Å². The number of halogens is 1. The fourth-order valence-corrected chi connectivity index (χ4v) is 2.43. The molecule has 2 heterocycles. The molecular weight excluding hydrogens is 272 g/mol. The normalized spacial score (nSPS) is 12.7. The van der Waals surface area contributed by atoms with Gasteiger partial charge in [0.2, 0.25) is 0 Å². The van der Waals surface area contributed by atoms with Gasteiger partial charge in [0.05, 0.1) is 11.6 Å². The highest BCUT2D eigenvalue weighted by molar-refractivity contribution is 6.35. The molecule has 102 valence electrons. The molecule has 0 aliphatic heterocycles. The van der Waals surface area contributed by atoms with E-state index in [9.17, 15) is 0 Å². The van der Waals surface area contributed by atoms with Gasteiger partial charge in [0.25, 0.3) is 0 Å². The predicted octanol–water partition coefficient (Wildman–Crippen LogP) is 3.46. The number of nitrogens with zero attached hydrogens (tertiary/aromatic N) is 2. The molecule has 5 heteroatoms. The van der Waals surface area contributed by atoms with E-state index in [1.165, 1.54) is 0 Å². The highest BCUT2D eigenvalue weighted by Gasteiger charge is 2.09. The number of imidazole rings is 1. The summed E-state index contributed by atoms with van der Waals surface area (Å²) in [6.45, 7) is 2.79. The topological polar surface area (TPSA) is 53.6 Å². The second kappa shape index (κ2) is 5.61. The molecule has 1 aromatic carbocycles. The van der Waals surface area contributed by atoms with Gasteiger partial charge in [-0.25, -0.2) is 4.98 Å². The molecule has 3 aromatic rings. The molecule has 0 aliphatic carbocycles. The van der Waals surface area contributed by atoms with Gasteiger partial charge in [-0.3, -0.25) is 4.98 Å².